The van der Waals surface area contributed by atoms with Crippen LogP contribution in [0.1, 0.15) is 0 Å². The van der Waals surface area contributed by atoms with Gasteiger partial charge in [-0.05, 0) is 79.4 Å². The van der Waals surface area contributed by atoms with Gasteiger partial charge in [-0.15, -0.1) is 0 Å². The lowest BCUT2D eigenvalue weighted by molar-refractivity contribution is 3.64. The molecule has 0 bridgehead atoms. The Bertz CT molecular complexity index is 56.9. The lowest BCUT2D eigenvalue weighted by Gasteiger charge is -2.12. The summed E-state index contributed by atoms with van der Waals surface area (Å²) in [5.74, 6) is 0. The largest absolute Gasteiger partial charge is 0.0120 e. The van der Waals surface area contributed by atoms with Gasteiger partial charge >= 0.3 is 0 Å². The molecule has 0 unspecified atom stereocenters. The minimum Gasteiger partial charge on any atom is -0.0120 e. The molecule has 0 spiro atoms. The van der Waals surface area contributed by atoms with Crippen LogP contribution in [0.15, 0.2) is 0 Å². The van der Waals surface area contributed by atoms with Crippen molar-refractivity contribution in [3.05, 3.63) is 0 Å². The summed E-state index contributed by atoms with van der Waals surface area (Å²) < 4.78 is 0. The molecule has 0 aromatic heterocycles. The van der Waals surface area contributed by atoms with E-state index in [0.29, 0.717) is 0 Å². The first-order valence-corrected chi connectivity index (χ1v) is 36.5. The summed E-state index contributed by atoms with van der Waals surface area (Å²) in [4.78, 5) is 0. The predicted octanol–water partition coefficient (Wildman–Crippen LogP) is -8.78. The molecule has 0 nitrogen and oxygen atoms in total. The lowest BCUT2D eigenvalue weighted by Crippen LogP contribution is -2.50. The third kappa shape index (κ3) is 9.95. The van der Waals surface area contributed by atoms with E-state index in [-0.39, 0.29) is 6.14 Å². The first-order valence-electron chi connectivity index (χ1n) is 4.06. The van der Waals surface area contributed by atoms with Crippen molar-refractivity contribution in [3.8, 4) is 0 Å². The summed E-state index contributed by atoms with van der Waals surface area (Å²) >= 11 is 0. The van der Waals surface area contributed by atoms with Crippen LogP contribution in [0.4, 0.5) is 0 Å². The van der Waals surface area contributed by atoms with Crippen molar-refractivity contribution in [2.45, 2.75) is 0 Å². The third-order valence-electron chi connectivity index (χ3n) is 1.53. The lowest BCUT2D eigenvalue weighted by atomic mass is 26.0. The Kier molecular flexibility index (Phi) is 6.79. The number of hydrogen-bond acceptors (Lipinski definition) is 0. The maximum atomic E-state index is 1.75. The molecule has 0 aliphatic carbocycles. The van der Waals surface area contributed by atoms with Gasteiger partial charge in [0.2, 0.25) is 0 Å². The van der Waals surface area contributed by atoms with Crippen LogP contribution in [-0.2, 0) is 0 Å². The summed E-state index contributed by atoms with van der Waals surface area (Å²) in [6.45, 7) is 0. The van der Waals surface area contributed by atoms with Gasteiger partial charge in [-0.2, -0.15) is 0 Å². The second kappa shape index (κ2) is 5.58. The molecule has 0 aliphatic heterocycles. The quantitative estimate of drug-likeness (QED) is 0.352. The fourth-order valence-corrected chi connectivity index (χ4v) is 220. The highest BCUT2D eigenvalue weighted by Crippen LogP contribution is 1.74. The zero-order chi connectivity index (χ0) is 7.33. The highest BCUT2D eigenvalue weighted by atomic mass is 30.2. The van der Waals surface area contributed by atoms with Crippen LogP contribution >= 0.6 is 0 Å². The van der Waals surface area contributed by atoms with E-state index in [4.69, 9.17) is 0 Å². The standard InChI is InChI=1S/H20Si9/c1-5-6-7-8-9(2,3)4/h5-8H2,1-4H3. The van der Waals surface area contributed by atoms with Gasteiger partial charge in [0.1, 0.15) is 0 Å². The van der Waals surface area contributed by atoms with Crippen molar-refractivity contribution in [1.29, 1.82) is 0 Å². The monoisotopic (exact) mass is 272 g/mol. The predicted molar refractivity (Wildman–Crippen MR) is 79.7 cm³/mol. The molecule has 0 fully saturated rings. The third-order valence-corrected chi connectivity index (χ3v) is 124. The molecular formula is H20Si9. The summed E-state index contributed by atoms with van der Waals surface area (Å²) in [7, 11) is 10.3. The Morgan fingerprint density at radius 1 is 1.00 bits per heavy atom. The van der Waals surface area contributed by atoms with Gasteiger partial charge in [0.05, 0.1) is 0 Å². The molecule has 0 aliphatic rings. The molecule has 0 saturated carbocycles. The van der Waals surface area contributed by atoms with E-state index in [2.05, 4.69) is 0 Å². The SMILES string of the molecule is [SiH3][SiH2][SiH2][SiH2][SiH2][Si]([SiH3])([SiH3])[SiH3]. The molecule has 0 atom stereocenters. The molecule has 9 heavy (non-hydrogen) atoms. The Balaban J connectivity index is 3.07. The topological polar surface area (TPSA) is 0 Å². The average molecular weight is 273 g/mol. The second-order valence-electron chi connectivity index (χ2n) is 4.02. The molecule has 0 aromatic rings. The van der Waals surface area contributed by atoms with Crippen LogP contribution in [-0.4, -0.2) is 79.4 Å². The van der Waals surface area contributed by atoms with Gasteiger partial charge in [0.15, 0.2) is 0 Å². The fourth-order valence-electron chi connectivity index (χ4n) is 0.905. The van der Waals surface area contributed by atoms with Crippen molar-refractivity contribution < 1.29 is 0 Å². The maximum absolute atomic E-state index is 1.75. The summed E-state index contributed by atoms with van der Waals surface area (Å²) in [6.07, 6.45) is -0.00479. The van der Waals surface area contributed by atoms with Crippen molar-refractivity contribution in [1.82, 2.24) is 0 Å². The minimum absolute atomic E-state index is 0.00479. The Labute approximate surface area is 79.0 Å². The molecule has 0 radical (unpaired) electrons. The minimum atomic E-state index is -0.00479. The average Bonchev–Trinajstić information content (AvgIpc) is 1.63. The molecule has 0 aromatic carbocycles. The van der Waals surface area contributed by atoms with E-state index in [1.165, 1.54) is 0 Å². The molecule has 9 heteroatoms. The highest BCUT2D eigenvalue weighted by Gasteiger charge is 2.11. The van der Waals surface area contributed by atoms with E-state index in [1.807, 2.05) is 0 Å². The first kappa shape index (κ1) is 11.0. The van der Waals surface area contributed by atoms with E-state index >= 15 is 0 Å². The smallest absolute Gasteiger partial charge is 0.00631 e. The van der Waals surface area contributed by atoms with Crippen LogP contribution in [0.5, 0.6) is 0 Å². The zero-order valence-corrected chi connectivity index (χ0v) is 22.0. The Morgan fingerprint density at radius 3 is 1.89 bits per heavy atom. The van der Waals surface area contributed by atoms with Crippen molar-refractivity contribution >= 4 is 79.4 Å². The van der Waals surface area contributed by atoms with Crippen LogP contribution in [0.2, 0.25) is 0 Å². The fraction of sp³-hybridized carbons (Fsp3) is 0. The molecule has 0 heterocycles. The Morgan fingerprint density at radius 2 is 1.56 bits per heavy atom. The second-order valence-corrected chi connectivity index (χ2v) is 108. The van der Waals surface area contributed by atoms with Crippen molar-refractivity contribution in [2.75, 3.05) is 0 Å². The molecule has 0 amide bonds. The van der Waals surface area contributed by atoms with E-state index in [1.54, 1.807) is 39.0 Å². The van der Waals surface area contributed by atoms with Gasteiger partial charge in [-0.3, -0.25) is 0 Å². The summed E-state index contributed by atoms with van der Waals surface area (Å²) in [5.41, 5.74) is 0. The number of rotatable bonds is 4. The van der Waals surface area contributed by atoms with Crippen LogP contribution in [0.25, 0.3) is 0 Å². The summed E-state index contributed by atoms with van der Waals surface area (Å²) in [6, 6.07) is 0. The van der Waals surface area contributed by atoms with E-state index < -0.39 is 0 Å². The molecule has 0 N–H and O–H groups in total. The first-order chi connectivity index (χ1) is 4.06. The van der Waals surface area contributed by atoms with Crippen molar-refractivity contribution in [2.24, 2.45) is 0 Å². The normalized spacial score (nSPS) is 24.0. The van der Waals surface area contributed by atoms with Gasteiger partial charge in [-0.1, -0.05) is 0 Å². The van der Waals surface area contributed by atoms with E-state index in [9.17, 15) is 0 Å². The van der Waals surface area contributed by atoms with Crippen LogP contribution in [0, 0.1) is 0 Å². The van der Waals surface area contributed by atoms with Gasteiger partial charge < -0.3 is 0 Å². The van der Waals surface area contributed by atoms with Crippen LogP contribution in [0.3, 0.4) is 0 Å². The number of hydrogen-bond donors (Lipinski definition) is 0. The van der Waals surface area contributed by atoms with Gasteiger partial charge in [-0.25, -0.2) is 0 Å². The van der Waals surface area contributed by atoms with Crippen LogP contribution < -0.4 is 0 Å². The summed E-state index contributed by atoms with van der Waals surface area (Å²) in [5, 5.41) is 0. The molecule has 0 saturated heterocycles. The highest BCUT2D eigenvalue weighted by molar-refractivity contribution is 7.87. The molecule has 56 valence electrons. The zero-order valence-electron chi connectivity index (χ0n) is 7.33. The molecule has 0 rings (SSSR count). The van der Waals surface area contributed by atoms with Gasteiger partial charge in [0.25, 0.3) is 0 Å². The Hall–Kier alpha value is 1.95. The van der Waals surface area contributed by atoms with E-state index in [0.717, 1.165) is 34.2 Å². The van der Waals surface area contributed by atoms with Crippen molar-refractivity contribution in [3.63, 3.8) is 0 Å². The van der Waals surface area contributed by atoms with Gasteiger partial charge in [0, 0.05) is 0 Å². The maximum Gasteiger partial charge on any atom is -0.00631 e. The molecular weight excluding hydrogens is 253 g/mol.